The van der Waals surface area contributed by atoms with E-state index in [-0.39, 0.29) is 5.54 Å². The first kappa shape index (κ1) is 15.5. The molecule has 1 aromatic rings. The van der Waals surface area contributed by atoms with Crippen molar-refractivity contribution in [2.75, 3.05) is 27.7 Å². The van der Waals surface area contributed by atoms with Gasteiger partial charge in [-0.2, -0.15) is 0 Å². The van der Waals surface area contributed by atoms with Gasteiger partial charge in [-0.1, -0.05) is 35.3 Å². The average molecular weight is 287 g/mol. The second kappa shape index (κ2) is 6.58. The second-order valence-electron chi connectivity index (χ2n) is 4.58. The molecule has 0 radical (unpaired) electrons. The Morgan fingerprint density at radius 2 is 2.00 bits per heavy atom. The zero-order valence-corrected chi connectivity index (χ0v) is 12.6. The lowest BCUT2D eigenvalue weighted by molar-refractivity contribution is 0.153. The number of nitrogens with zero attached hydrogens (tertiary/aromatic N) is 1. The summed E-state index contributed by atoms with van der Waals surface area (Å²) in [6.45, 7) is 4.67. The maximum absolute atomic E-state index is 6.13. The molecule has 0 aliphatic rings. The van der Waals surface area contributed by atoms with Crippen LogP contribution in [0.2, 0.25) is 10.0 Å². The van der Waals surface area contributed by atoms with Crippen LogP contribution < -0.4 is 5.32 Å². The highest BCUT2D eigenvalue weighted by molar-refractivity contribution is 6.42. The molecule has 100 valence electrons. The van der Waals surface area contributed by atoms with Crippen LogP contribution in [-0.2, 0) is 5.54 Å². The van der Waals surface area contributed by atoms with Crippen molar-refractivity contribution in [3.05, 3.63) is 46.5 Å². The normalized spacial score (nSPS) is 14.6. The van der Waals surface area contributed by atoms with Crippen molar-refractivity contribution in [2.24, 2.45) is 0 Å². The third-order valence-electron chi connectivity index (χ3n) is 3.26. The lowest BCUT2D eigenvalue weighted by Gasteiger charge is -2.40. The van der Waals surface area contributed by atoms with Gasteiger partial charge in [-0.15, -0.1) is 6.58 Å². The Morgan fingerprint density at radius 3 is 2.44 bits per heavy atom. The Labute approximate surface area is 120 Å². The van der Waals surface area contributed by atoms with Crippen LogP contribution in [0.5, 0.6) is 0 Å². The number of likely N-dealkylation sites (N-methyl/N-ethyl adjacent to an activating group) is 2. The first-order chi connectivity index (χ1) is 8.47. The van der Waals surface area contributed by atoms with E-state index in [1.807, 2.05) is 31.3 Å². The molecule has 0 unspecified atom stereocenters. The maximum Gasteiger partial charge on any atom is 0.0616 e. The van der Waals surface area contributed by atoms with Gasteiger partial charge in [0, 0.05) is 6.54 Å². The number of hydrogen-bond acceptors (Lipinski definition) is 2. The third kappa shape index (κ3) is 3.07. The van der Waals surface area contributed by atoms with E-state index >= 15 is 0 Å². The fraction of sp³-hybridized carbons (Fsp3) is 0.429. The molecular formula is C14H20Cl2N2. The molecule has 1 atom stereocenters. The Balaban J connectivity index is 3.30. The smallest absolute Gasteiger partial charge is 0.0616 e. The SMILES string of the molecule is C=CC[C@@](CNC)(c1ccc(Cl)c(Cl)c1)N(C)C. The Hall–Kier alpha value is -0.540. The molecule has 0 spiro atoms. The summed E-state index contributed by atoms with van der Waals surface area (Å²) in [4.78, 5) is 2.19. The molecule has 0 bridgehead atoms. The lowest BCUT2D eigenvalue weighted by atomic mass is 9.85. The molecule has 0 fully saturated rings. The summed E-state index contributed by atoms with van der Waals surface area (Å²) in [7, 11) is 6.06. The summed E-state index contributed by atoms with van der Waals surface area (Å²) in [5.41, 5.74) is 0.973. The molecule has 2 nitrogen and oxygen atoms in total. The van der Waals surface area contributed by atoms with Crippen molar-refractivity contribution in [1.82, 2.24) is 10.2 Å². The van der Waals surface area contributed by atoms with E-state index in [0.717, 1.165) is 18.5 Å². The van der Waals surface area contributed by atoms with Gasteiger partial charge in [-0.3, -0.25) is 4.90 Å². The van der Waals surface area contributed by atoms with Crippen LogP contribution in [0, 0.1) is 0 Å². The summed E-state index contributed by atoms with van der Waals surface area (Å²) >= 11 is 12.1. The summed E-state index contributed by atoms with van der Waals surface area (Å²) in [6, 6.07) is 5.80. The van der Waals surface area contributed by atoms with Crippen molar-refractivity contribution in [3.63, 3.8) is 0 Å². The molecule has 0 aliphatic carbocycles. The van der Waals surface area contributed by atoms with E-state index in [9.17, 15) is 0 Å². The van der Waals surface area contributed by atoms with Gasteiger partial charge in [-0.25, -0.2) is 0 Å². The first-order valence-electron chi connectivity index (χ1n) is 5.86. The van der Waals surface area contributed by atoms with Gasteiger partial charge in [0.15, 0.2) is 0 Å². The summed E-state index contributed by atoms with van der Waals surface area (Å²) in [5, 5.41) is 4.41. The molecule has 0 aliphatic heterocycles. The molecule has 1 aromatic carbocycles. The molecule has 4 heteroatoms. The minimum atomic E-state index is -0.162. The van der Waals surface area contributed by atoms with Crippen molar-refractivity contribution in [3.8, 4) is 0 Å². The van der Waals surface area contributed by atoms with Crippen LogP contribution in [0.25, 0.3) is 0 Å². The predicted molar refractivity (Wildman–Crippen MR) is 80.6 cm³/mol. The van der Waals surface area contributed by atoms with Crippen LogP contribution in [0.15, 0.2) is 30.9 Å². The van der Waals surface area contributed by atoms with Crippen molar-refractivity contribution >= 4 is 23.2 Å². The molecule has 1 N–H and O–H groups in total. The first-order valence-corrected chi connectivity index (χ1v) is 6.62. The fourth-order valence-electron chi connectivity index (χ4n) is 2.21. The number of nitrogens with one attached hydrogen (secondary N) is 1. The predicted octanol–water partition coefficient (Wildman–Crippen LogP) is 3.55. The molecule has 0 amide bonds. The van der Waals surface area contributed by atoms with Crippen LogP contribution in [0.3, 0.4) is 0 Å². The lowest BCUT2D eigenvalue weighted by Crippen LogP contribution is -2.48. The van der Waals surface area contributed by atoms with Gasteiger partial charge in [-0.05, 0) is 45.3 Å². The summed E-state index contributed by atoms with van der Waals surface area (Å²) in [5.74, 6) is 0. The number of rotatable bonds is 6. The van der Waals surface area contributed by atoms with Crippen molar-refractivity contribution in [2.45, 2.75) is 12.0 Å². The fourth-order valence-corrected chi connectivity index (χ4v) is 2.51. The quantitative estimate of drug-likeness (QED) is 0.805. The monoisotopic (exact) mass is 286 g/mol. The zero-order valence-electron chi connectivity index (χ0n) is 11.1. The number of benzene rings is 1. The van der Waals surface area contributed by atoms with E-state index < -0.39 is 0 Å². The highest BCUT2D eigenvalue weighted by atomic mass is 35.5. The van der Waals surface area contributed by atoms with Gasteiger partial charge in [0.1, 0.15) is 0 Å². The maximum atomic E-state index is 6.13. The van der Waals surface area contributed by atoms with E-state index in [4.69, 9.17) is 23.2 Å². The van der Waals surface area contributed by atoms with Crippen LogP contribution in [0.4, 0.5) is 0 Å². The number of hydrogen-bond donors (Lipinski definition) is 1. The molecular weight excluding hydrogens is 267 g/mol. The van der Waals surface area contributed by atoms with Gasteiger partial charge in [0.05, 0.1) is 15.6 Å². The van der Waals surface area contributed by atoms with Crippen LogP contribution in [-0.4, -0.2) is 32.6 Å². The summed E-state index contributed by atoms with van der Waals surface area (Å²) in [6.07, 6.45) is 2.76. The molecule has 0 heterocycles. The molecule has 1 rings (SSSR count). The Bertz CT molecular complexity index is 418. The molecule has 18 heavy (non-hydrogen) atoms. The third-order valence-corrected chi connectivity index (χ3v) is 4.00. The van der Waals surface area contributed by atoms with E-state index in [1.165, 1.54) is 0 Å². The van der Waals surface area contributed by atoms with E-state index in [0.29, 0.717) is 10.0 Å². The Morgan fingerprint density at radius 1 is 1.33 bits per heavy atom. The van der Waals surface area contributed by atoms with Gasteiger partial charge >= 0.3 is 0 Å². The largest absolute Gasteiger partial charge is 0.318 e. The average Bonchev–Trinajstić information content (AvgIpc) is 2.32. The standard InChI is InChI=1S/C14H20Cl2N2/c1-5-8-14(10-17-2,18(3)4)11-6-7-12(15)13(16)9-11/h5-7,9,17H,1,8,10H2,2-4H3/t14-/m1/s1. The topological polar surface area (TPSA) is 15.3 Å². The van der Waals surface area contributed by atoms with Gasteiger partial charge in [0.25, 0.3) is 0 Å². The van der Waals surface area contributed by atoms with Gasteiger partial charge in [0.2, 0.25) is 0 Å². The molecule has 0 saturated heterocycles. The van der Waals surface area contributed by atoms with Gasteiger partial charge < -0.3 is 5.32 Å². The van der Waals surface area contributed by atoms with Crippen molar-refractivity contribution < 1.29 is 0 Å². The summed E-state index contributed by atoms with van der Waals surface area (Å²) < 4.78 is 0. The van der Waals surface area contributed by atoms with E-state index in [1.54, 1.807) is 0 Å². The minimum Gasteiger partial charge on any atom is -0.318 e. The van der Waals surface area contributed by atoms with Crippen LogP contribution in [0.1, 0.15) is 12.0 Å². The number of halogens is 2. The van der Waals surface area contributed by atoms with E-state index in [2.05, 4.69) is 30.9 Å². The highest BCUT2D eigenvalue weighted by Gasteiger charge is 2.33. The Kier molecular flexibility index (Phi) is 5.67. The second-order valence-corrected chi connectivity index (χ2v) is 5.39. The van der Waals surface area contributed by atoms with Crippen molar-refractivity contribution in [1.29, 1.82) is 0 Å². The van der Waals surface area contributed by atoms with Crippen LogP contribution >= 0.6 is 23.2 Å². The highest BCUT2D eigenvalue weighted by Crippen LogP contribution is 2.34. The zero-order chi connectivity index (χ0) is 13.8. The molecule has 0 aromatic heterocycles. The minimum absolute atomic E-state index is 0.162. The molecule has 0 saturated carbocycles.